The van der Waals surface area contributed by atoms with E-state index in [4.69, 9.17) is 0 Å². The largest absolute Gasteiger partial charge is 0.378 e. The van der Waals surface area contributed by atoms with Crippen LogP contribution in [-0.4, -0.2) is 40.8 Å². The Hall–Kier alpha value is -0.610. The molecule has 0 bridgehead atoms. The molecule has 1 aliphatic heterocycles. The minimum atomic E-state index is -0.221. The molecule has 0 aromatic carbocycles. The van der Waals surface area contributed by atoms with Crippen molar-refractivity contribution in [3.05, 3.63) is 0 Å². The maximum Gasteiger partial charge on any atom is 0.219 e. The highest BCUT2D eigenvalue weighted by Gasteiger charge is 2.32. The third kappa shape index (κ3) is 3.19. The molecule has 17 heavy (non-hydrogen) atoms. The molecule has 0 aromatic rings. The lowest BCUT2D eigenvalue weighted by Gasteiger charge is -2.36. The van der Waals surface area contributed by atoms with Gasteiger partial charge in [0.25, 0.3) is 0 Å². The number of aliphatic hydroxyl groups excluding tert-OH is 1. The van der Waals surface area contributed by atoms with Crippen molar-refractivity contribution in [2.24, 2.45) is 0 Å². The first-order chi connectivity index (χ1) is 8.20. The summed E-state index contributed by atoms with van der Waals surface area (Å²) in [5.74, 6) is 0.162. The van der Waals surface area contributed by atoms with Crippen molar-refractivity contribution >= 4 is 5.91 Å². The standard InChI is InChI=1S/C13H24N2O2/c1-2-12(16)14-10-5-7-11(8-6-10)15-9-3-4-13(15)17/h10-11,13,17H,2-9H2,1H3,(H,14,16). The predicted molar refractivity (Wildman–Crippen MR) is 66.4 cm³/mol. The second kappa shape index (κ2) is 5.83. The Morgan fingerprint density at radius 1 is 1.29 bits per heavy atom. The van der Waals surface area contributed by atoms with Crippen molar-refractivity contribution in [2.75, 3.05) is 6.54 Å². The highest BCUT2D eigenvalue weighted by Crippen LogP contribution is 2.28. The number of nitrogens with zero attached hydrogens (tertiary/aromatic N) is 1. The monoisotopic (exact) mass is 240 g/mol. The van der Waals surface area contributed by atoms with Crippen LogP contribution >= 0.6 is 0 Å². The van der Waals surface area contributed by atoms with Gasteiger partial charge in [0.05, 0.1) is 0 Å². The number of carbonyl (C=O) groups excluding carboxylic acids is 1. The highest BCUT2D eigenvalue weighted by atomic mass is 16.3. The van der Waals surface area contributed by atoms with Gasteiger partial charge in [-0.15, -0.1) is 0 Å². The molecule has 1 aliphatic carbocycles. The summed E-state index contributed by atoms with van der Waals surface area (Å²) in [6, 6.07) is 0.890. The minimum Gasteiger partial charge on any atom is -0.378 e. The summed E-state index contributed by atoms with van der Waals surface area (Å²) in [4.78, 5) is 13.6. The Morgan fingerprint density at radius 3 is 2.53 bits per heavy atom. The van der Waals surface area contributed by atoms with Gasteiger partial charge in [-0.1, -0.05) is 6.92 Å². The summed E-state index contributed by atoms with van der Waals surface area (Å²) in [5, 5.41) is 12.9. The molecule has 2 aliphatic rings. The Balaban J connectivity index is 1.76. The zero-order chi connectivity index (χ0) is 12.3. The Bertz CT molecular complexity index is 262. The second-order valence-electron chi connectivity index (χ2n) is 5.29. The summed E-state index contributed by atoms with van der Waals surface area (Å²) in [5.41, 5.74) is 0. The van der Waals surface area contributed by atoms with Crippen LogP contribution in [0, 0.1) is 0 Å². The van der Waals surface area contributed by atoms with E-state index in [0.717, 1.165) is 45.1 Å². The fraction of sp³-hybridized carbons (Fsp3) is 0.923. The molecule has 1 amide bonds. The number of carbonyl (C=O) groups is 1. The molecule has 2 N–H and O–H groups in total. The quantitative estimate of drug-likeness (QED) is 0.780. The van der Waals surface area contributed by atoms with E-state index in [0.29, 0.717) is 18.5 Å². The first kappa shape index (κ1) is 12.8. The van der Waals surface area contributed by atoms with E-state index in [1.165, 1.54) is 0 Å². The summed E-state index contributed by atoms with van der Waals surface area (Å²) < 4.78 is 0. The van der Waals surface area contributed by atoms with E-state index < -0.39 is 0 Å². The van der Waals surface area contributed by atoms with Crippen molar-refractivity contribution in [1.82, 2.24) is 10.2 Å². The van der Waals surface area contributed by atoms with Gasteiger partial charge in [0.2, 0.25) is 5.91 Å². The van der Waals surface area contributed by atoms with E-state index in [1.54, 1.807) is 0 Å². The molecule has 2 rings (SSSR count). The molecule has 0 radical (unpaired) electrons. The van der Waals surface area contributed by atoms with E-state index >= 15 is 0 Å². The van der Waals surface area contributed by atoms with Gasteiger partial charge < -0.3 is 10.4 Å². The Kier molecular flexibility index (Phi) is 4.40. The van der Waals surface area contributed by atoms with Crippen molar-refractivity contribution in [2.45, 2.75) is 70.2 Å². The molecule has 2 fully saturated rings. The molecule has 4 heteroatoms. The molecule has 1 atom stereocenters. The molecule has 1 saturated carbocycles. The third-order valence-electron chi connectivity index (χ3n) is 4.11. The van der Waals surface area contributed by atoms with Gasteiger partial charge in [0.15, 0.2) is 0 Å². The van der Waals surface area contributed by atoms with E-state index in [-0.39, 0.29) is 12.1 Å². The zero-order valence-electron chi connectivity index (χ0n) is 10.7. The third-order valence-corrected chi connectivity index (χ3v) is 4.11. The van der Waals surface area contributed by atoms with Gasteiger partial charge in [0, 0.05) is 25.0 Å². The Morgan fingerprint density at radius 2 is 2.00 bits per heavy atom. The maximum absolute atomic E-state index is 11.3. The van der Waals surface area contributed by atoms with E-state index in [2.05, 4.69) is 10.2 Å². The summed E-state index contributed by atoms with van der Waals surface area (Å²) in [6.07, 6.45) is 6.71. The number of likely N-dealkylation sites (tertiary alicyclic amines) is 1. The van der Waals surface area contributed by atoms with Crippen molar-refractivity contribution < 1.29 is 9.90 Å². The number of nitrogens with one attached hydrogen (secondary N) is 1. The topological polar surface area (TPSA) is 52.6 Å². The first-order valence-corrected chi connectivity index (χ1v) is 6.94. The van der Waals surface area contributed by atoms with Gasteiger partial charge in [-0.3, -0.25) is 9.69 Å². The lowest BCUT2D eigenvalue weighted by molar-refractivity contribution is -0.121. The smallest absolute Gasteiger partial charge is 0.219 e. The molecule has 1 heterocycles. The number of hydrogen-bond acceptors (Lipinski definition) is 3. The maximum atomic E-state index is 11.3. The summed E-state index contributed by atoms with van der Waals surface area (Å²) >= 11 is 0. The lowest BCUT2D eigenvalue weighted by atomic mass is 9.90. The van der Waals surface area contributed by atoms with Crippen molar-refractivity contribution in [3.63, 3.8) is 0 Å². The molecule has 0 aromatic heterocycles. The molecule has 1 saturated heterocycles. The number of hydrogen-bond donors (Lipinski definition) is 2. The predicted octanol–water partition coefficient (Wildman–Crippen LogP) is 1.24. The summed E-state index contributed by atoms with van der Waals surface area (Å²) in [7, 11) is 0. The van der Waals surface area contributed by atoms with E-state index in [9.17, 15) is 9.90 Å². The molecular formula is C13H24N2O2. The fourth-order valence-corrected chi connectivity index (χ4v) is 3.08. The number of amides is 1. The van der Waals surface area contributed by atoms with Crippen LogP contribution in [0.1, 0.15) is 51.9 Å². The van der Waals surface area contributed by atoms with Gasteiger partial charge >= 0.3 is 0 Å². The molecule has 98 valence electrons. The molecule has 4 nitrogen and oxygen atoms in total. The number of rotatable bonds is 3. The van der Waals surface area contributed by atoms with Crippen LogP contribution in [0.4, 0.5) is 0 Å². The van der Waals surface area contributed by atoms with Gasteiger partial charge in [-0.25, -0.2) is 0 Å². The second-order valence-corrected chi connectivity index (χ2v) is 5.29. The van der Waals surface area contributed by atoms with Crippen LogP contribution in [0.25, 0.3) is 0 Å². The van der Waals surface area contributed by atoms with Crippen molar-refractivity contribution in [1.29, 1.82) is 0 Å². The zero-order valence-corrected chi connectivity index (χ0v) is 10.7. The normalized spacial score (nSPS) is 34.8. The number of aliphatic hydroxyl groups is 1. The summed E-state index contributed by atoms with van der Waals surface area (Å²) in [6.45, 7) is 2.93. The van der Waals surface area contributed by atoms with Crippen LogP contribution in [0.5, 0.6) is 0 Å². The van der Waals surface area contributed by atoms with Crippen molar-refractivity contribution in [3.8, 4) is 0 Å². The Labute approximate surface area is 103 Å². The highest BCUT2D eigenvalue weighted by molar-refractivity contribution is 5.75. The minimum absolute atomic E-state index is 0.162. The van der Waals surface area contributed by atoms with Crippen LogP contribution in [-0.2, 0) is 4.79 Å². The average molecular weight is 240 g/mol. The van der Waals surface area contributed by atoms with Crippen LogP contribution in [0.2, 0.25) is 0 Å². The molecule has 0 spiro atoms. The SMILES string of the molecule is CCC(=O)NC1CCC(N2CCCC2O)CC1. The molecular weight excluding hydrogens is 216 g/mol. The van der Waals surface area contributed by atoms with Crippen LogP contribution in [0.3, 0.4) is 0 Å². The fourth-order valence-electron chi connectivity index (χ4n) is 3.08. The van der Waals surface area contributed by atoms with E-state index in [1.807, 2.05) is 6.92 Å². The van der Waals surface area contributed by atoms with Gasteiger partial charge in [-0.2, -0.15) is 0 Å². The van der Waals surface area contributed by atoms with Gasteiger partial charge in [-0.05, 0) is 38.5 Å². The average Bonchev–Trinajstić information content (AvgIpc) is 2.76. The lowest BCUT2D eigenvalue weighted by Crippen LogP contribution is -2.45. The molecule has 1 unspecified atom stereocenters. The van der Waals surface area contributed by atoms with Gasteiger partial charge in [0.1, 0.15) is 6.23 Å². The van der Waals surface area contributed by atoms with Crippen LogP contribution in [0.15, 0.2) is 0 Å². The first-order valence-electron chi connectivity index (χ1n) is 6.94. The van der Waals surface area contributed by atoms with Crippen LogP contribution < -0.4 is 5.32 Å².